The van der Waals surface area contributed by atoms with Gasteiger partial charge in [0, 0.05) is 10.6 Å². The van der Waals surface area contributed by atoms with Crippen LogP contribution in [0.3, 0.4) is 0 Å². The number of benzene rings is 2. The van der Waals surface area contributed by atoms with Crippen molar-refractivity contribution in [2.45, 2.75) is 38.4 Å². The third-order valence-corrected chi connectivity index (χ3v) is 5.40. The highest BCUT2D eigenvalue weighted by Gasteiger charge is 2.39. The molecule has 0 amide bonds. The van der Waals surface area contributed by atoms with Gasteiger partial charge >= 0.3 is 11.9 Å². The van der Waals surface area contributed by atoms with E-state index in [4.69, 9.17) is 11.6 Å². The van der Waals surface area contributed by atoms with E-state index in [0.29, 0.717) is 9.59 Å². The van der Waals surface area contributed by atoms with Gasteiger partial charge in [0.25, 0.3) is 0 Å². The maximum Gasteiger partial charge on any atom is 0.416 e. The molecule has 0 aliphatic carbocycles. The molecular formula is C22H19ClF4N6O3. The molecule has 0 unspecified atom stereocenters. The Labute approximate surface area is 205 Å². The molecular weight excluding hydrogens is 508 g/mol. The highest BCUT2D eigenvalue weighted by Crippen LogP contribution is 2.24. The predicted octanol–water partition coefficient (Wildman–Crippen LogP) is 3.11. The van der Waals surface area contributed by atoms with Gasteiger partial charge < -0.3 is 10.2 Å². The Morgan fingerprint density at radius 2 is 1.78 bits per heavy atom. The number of aliphatic hydroxyl groups excluding tert-OH is 2. The Bertz CT molecular complexity index is 1430. The number of aromatic nitrogens is 6. The fourth-order valence-electron chi connectivity index (χ4n) is 3.44. The minimum absolute atomic E-state index is 0.0130. The minimum Gasteiger partial charge on any atom is -0.385 e. The van der Waals surface area contributed by atoms with Crippen LogP contribution in [0.2, 0.25) is 5.02 Å². The molecule has 0 spiro atoms. The van der Waals surface area contributed by atoms with E-state index in [0.717, 1.165) is 4.68 Å². The molecule has 14 heteroatoms. The quantitative estimate of drug-likeness (QED) is 0.358. The SMILES string of the molecule is C[C@@H](O)c1nc(Cn2nc(-c3ccc(Cl)cc3)n(C[C@H](O)C(F)(F)F)c2=O)nn1-c1cccc(F)c1. The van der Waals surface area contributed by atoms with Crippen molar-refractivity contribution in [1.82, 2.24) is 29.1 Å². The summed E-state index contributed by atoms with van der Waals surface area (Å²) in [7, 11) is 0. The lowest BCUT2D eigenvalue weighted by molar-refractivity contribution is -0.207. The minimum atomic E-state index is -4.96. The second kappa shape index (κ2) is 9.84. The molecule has 2 aromatic heterocycles. The van der Waals surface area contributed by atoms with Crippen molar-refractivity contribution in [1.29, 1.82) is 0 Å². The van der Waals surface area contributed by atoms with E-state index in [1.165, 1.54) is 60.1 Å². The Hall–Kier alpha value is -3.55. The van der Waals surface area contributed by atoms with Gasteiger partial charge in [-0.25, -0.2) is 23.5 Å². The highest BCUT2D eigenvalue weighted by atomic mass is 35.5. The van der Waals surface area contributed by atoms with Gasteiger partial charge in [-0.15, -0.1) is 10.2 Å². The molecule has 0 bridgehead atoms. The van der Waals surface area contributed by atoms with Crippen LogP contribution in [0.5, 0.6) is 0 Å². The molecule has 2 atom stereocenters. The van der Waals surface area contributed by atoms with Gasteiger partial charge in [0.2, 0.25) is 0 Å². The van der Waals surface area contributed by atoms with Gasteiger partial charge in [-0.1, -0.05) is 17.7 Å². The number of halogens is 5. The number of hydrogen-bond donors (Lipinski definition) is 2. The summed E-state index contributed by atoms with van der Waals surface area (Å²) >= 11 is 5.88. The van der Waals surface area contributed by atoms with Gasteiger partial charge in [-0.3, -0.25) is 4.57 Å². The Kier molecular flexibility index (Phi) is 6.98. The fraction of sp³-hybridized carbons (Fsp3) is 0.273. The average Bonchev–Trinajstić information content (AvgIpc) is 3.36. The first-order valence-corrected chi connectivity index (χ1v) is 10.9. The van der Waals surface area contributed by atoms with E-state index in [1.54, 1.807) is 0 Å². The molecule has 2 heterocycles. The molecule has 2 N–H and O–H groups in total. The standard InChI is InChI=1S/C22H19ClF4N6O3/c1-12(34)19-28-18(29-33(19)16-4-2-3-15(24)9-16)11-32-21(36)31(10-17(35)22(25,26)27)20(30-32)13-5-7-14(23)8-6-13/h2-9,12,17,34-35H,10-11H2,1H3/t12-,17+/m1/s1. The molecule has 0 saturated carbocycles. The lowest BCUT2D eigenvalue weighted by atomic mass is 10.2. The van der Waals surface area contributed by atoms with Gasteiger partial charge in [-0.2, -0.15) is 13.2 Å². The summed E-state index contributed by atoms with van der Waals surface area (Å²) in [5.74, 6) is -0.651. The zero-order valence-electron chi connectivity index (χ0n) is 18.6. The molecule has 0 fully saturated rings. The first-order valence-electron chi connectivity index (χ1n) is 10.5. The summed E-state index contributed by atoms with van der Waals surface area (Å²) in [6.07, 6.45) is -8.89. The van der Waals surface area contributed by atoms with Gasteiger partial charge in [0.1, 0.15) is 18.5 Å². The monoisotopic (exact) mass is 526 g/mol. The third-order valence-electron chi connectivity index (χ3n) is 5.15. The van der Waals surface area contributed by atoms with Crippen LogP contribution in [0.1, 0.15) is 24.7 Å². The maximum atomic E-state index is 13.7. The summed E-state index contributed by atoms with van der Waals surface area (Å²) in [4.78, 5) is 17.2. The molecule has 2 aromatic carbocycles. The molecule has 0 saturated heterocycles. The summed E-state index contributed by atoms with van der Waals surface area (Å²) in [5.41, 5.74) is -0.408. The van der Waals surface area contributed by atoms with Crippen molar-refractivity contribution < 1.29 is 27.8 Å². The smallest absolute Gasteiger partial charge is 0.385 e. The van der Waals surface area contributed by atoms with Crippen LogP contribution in [-0.4, -0.2) is 51.6 Å². The maximum absolute atomic E-state index is 13.7. The van der Waals surface area contributed by atoms with Crippen molar-refractivity contribution in [3.63, 3.8) is 0 Å². The Morgan fingerprint density at radius 1 is 1.08 bits per heavy atom. The second-order valence-electron chi connectivity index (χ2n) is 7.89. The second-order valence-corrected chi connectivity index (χ2v) is 8.33. The van der Waals surface area contributed by atoms with Crippen LogP contribution in [0, 0.1) is 5.82 Å². The van der Waals surface area contributed by atoms with Crippen LogP contribution >= 0.6 is 11.6 Å². The molecule has 190 valence electrons. The van der Waals surface area contributed by atoms with Crippen LogP contribution < -0.4 is 5.69 Å². The molecule has 0 radical (unpaired) electrons. The van der Waals surface area contributed by atoms with E-state index >= 15 is 0 Å². The third kappa shape index (κ3) is 5.32. The van der Waals surface area contributed by atoms with Crippen molar-refractivity contribution in [2.24, 2.45) is 0 Å². The lowest BCUT2D eigenvalue weighted by Crippen LogP contribution is -2.37. The van der Waals surface area contributed by atoms with E-state index < -0.39 is 36.4 Å². The number of aliphatic hydroxyl groups is 2. The van der Waals surface area contributed by atoms with Crippen molar-refractivity contribution in [3.8, 4) is 17.1 Å². The zero-order valence-corrected chi connectivity index (χ0v) is 19.3. The molecule has 4 rings (SSSR count). The van der Waals surface area contributed by atoms with Gasteiger partial charge in [0.05, 0.1) is 12.2 Å². The van der Waals surface area contributed by atoms with Crippen LogP contribution in [0.15, 0.2) is 53.3 Å². The Morgan fingerprint density at radius 3 is 2.39 bits per heavy atom. The van der Waals surface area contributed by atoms with E-state index in [2.05, 4.69) is 15.2 Å². The summed E-state index contributed by atoms with van der Waals surface area (Å²) in [5, 5.41) is 28.4. The number of hydrogen-bond acceptors (Lipinski definition) is 6. The Balaban J connectivity index is 1.77. The number of rotatable bonds is 7. The molecule has 9 nitrogen and oxygen atoms in total. The number of alkyl halides is 3. The van der Waals surface area contributed by atoms with E-state index in [9.17, 15) is 32.6 Å². The summed E-state index contributed by atoms with van der Waals surface area (Å²) in [6, 6.07) is 11.2. The predicted molar refractivity (Wildman–Crippen MR) is 120 cm³/mol. The van der Waals surface area contributed by atoms with Crippen molar-refractivity contribution in [2.75, 3.05) is 0 Å². The fourth-order valence-corrected chi connectivity index (χ4v) is 3.56. The van der Waals surface area contributed by atoms with Crippen molar-refractivity contribution >= 4 is 11.6 Å². The average molecular weight is 527 g/mol. The van der Waals surface area contributed by atoms with Gasteiger partial charge in [-0.05, 0) is 49.4 Å². The van der Waals surface area contributed by atoms with E-state index in [-0.39, 0.29) is 35.3 Å². The van der Waals surface area contributed by atoms with Crippen LogP contribution in [0.4, 0.5) is 17.6 Å². The number of nitrogens with zero attached hydrogens (tertiary/aromatic N) is 6. The summed E-state index contributed by atoms with van der Waals surface area (Å²) in [6.45, 7) is -0.0530. The normalized spacial score (nSPS) is 13.7. The summed E-state index contributed by atoms with van der Waals surface area (Å²) < 4.78 is 55.6. The topological polar surface area (TPSA) is 111 Å². The van der Waals surface area contributed by atoms with E-state index in [1.807, 2.05) is 0 Å². The molecule has 36 heavy (non-hydrogen) atoms. The molecule has 0 aliphatic rings. The zero-order chi connectivity index (χ0) is 26.2. The molecule has 4 aromatic rings. The van der Waals surface area contributed by atoms with Gasteiger partial charge in [0.15, 0.2) is 23.6 Å². The molecule has 0 aliphatic heterocycles. The largest absolute Gasteiger partial charge is 0.416 e. The van der Waals surface area contributed by atoms with Crippen LogP contribution in [-0.2, 0) is 13.1 Å². The lowest BCUT2D eigenvalue weighted by Gasteiger charge is -2.15. The van der Waals surface area contributed by atoms with Crippen molar-refractivity contribution in [3.05, 3.63) is 81.5 Å². The first kappa shape index (κ1) is 25.5. The first-order chi connectivity index (χ1) is 16.9. The highest BCUT2D eigenvalue weighted by molar-refractivity contribution is 6.30. The van der Waals surface area contributed by atoms with Crippen LogP contribution in [0.25, 0.3) is 17.1 Å².